The molecule has 0 heterocycles. The van der Waals surface area contributed by atoms with Crippen molar-refractivity contribution in [1.29, 1.82) is 0 Å². The van der Waals surface area contributed by atoms with Gasteiger partial charge in [0.05, 0.1) is 11.5 Å². The number of rotatable bonds is 7. The number of methoxy groups -OCH3 is 1. The van der Waals surface area contributed by atoms with Crippen LogP contribution in [0, 0.1) is 13.8 Å². The largest absolute Gasteiger partial charge is 0.383 e. The molecule has 0 spiro atoms. The van der Waals surface area contributed by atoms with Gasteiger partial charge in [0.15, 0.2) is 0 Å². The standard InChI is InChI=1S/C14H24N2O3S/c1-5-13(9-19-4)16-20(17,18)14-7-12(8-15)6-10(2)11(14)3/h6-7,13,16H,5,8-9,15H2,1-4H3. The van der Waals surface area contributed by atoms with Crippen LogP contribution >= 0.6 is 0 Å². The van der Waals surface area contributed by atoms with Gasteiger partial charge in [-0.1, -0.05) is 13.0 Å². The highest BCUT2D eigenvalue weighted by atomic mass is 32.2. The van der Waals surface area contributed by atoms with Gasteiger partial charge in [0.2, 0.25) is 10.0 Å². The van der Waals surface area contributed by atoms with E-state index in [0.717, 1.165) is 16.7 Å². The maximum absolute atomic E-state index is 12.5. The predicted octanol–water partition coefficient (Wildman–Crippen LogP) is 1.47. The summed E-state index contributed by atoms with van der Waals surface area (Å²) in [7, 11) is -2.01. The summed E-state index contributed by atoms with van der Waals surface area (Å²) in [5.41, 5.74) is 8.11. The van der Waals surface area contributed by atoms with Crippen LogP contribution in [0.5, 0.6) is 0 Å². The Labute approximate surface area is 121 Å². The van der Waals surface area contributed by atoms with Gasteiger partial charge >= 0.3 is 0 Å². The van der Waals surface area contributed by atoms with E-state index in [9.17, 15) is 8.42 Å². The second-order valence-corrected chi connectivity index (χ2v) is 6.60. The molecule has 0 bridgehead atoms. The summed E-state index contributed by atoms with van der Waals surface area (Å²) < 4.78 is 32.7. The SMILES string of the molecule is CCC(COC)NS(=O)(=O)c1cc(CN)cc(C)c1C. The molecule has 3 N–H and O–H groups in total. The summed E-state index contributed by atoms with van der Waals surface area (Å²) in [5, 5.41) is 0. The van der Waals surface area contributed by atoms with E-state index in [4.69, 9.17) is 10.5 Å². The summed E-state index contributed by atoms with van der Waals surface area (Å²) in [4.78, 5) is 0.299. The minimum Gasteiger partial charge on any atom is -0.383 e. The Morgan fingerprint density at radius 2 is 2.00 bits per heavy atom. The van der Waals surface area contributed by atoms with Crippen LogP contribution in [0.15, 0.2) is 17.0 Å². The van der Waals surface area contributed by atoms with Crippen LogP contribution in [0.4, 0.5) is 0 Å². The van der Waals surface area contributed by atoms with E-state index in [2.05, 4.69) is 4.72 Å². The van der Waals surface area contributed by atoms with Crippen LogP contribution in [-0.4, -0.2) is 28.2 Å². The van der Waals surface area contributed by atoms with Crippen LogP contribution < -0.4 is 10.5 Å². The molecule has 1 aromatic carbocycles. The maximum atomic E-state index is 12.5. The Bertz CT molecular complexity index is 556. The van der Waals surface area contributed by atoms with E-state index in [1.807, 2.05) is 26.8 Å². The zero-order valence-electron chi connectivity index (χ0n) is 12.6. The molecular formula is C14H24N2O3S. The van der Waals surface area contributed by atoms with E-state index >= 15 is 0 Å². The van der Waals surface area contributed by atoms with Crippen molar-refractivity contribution < 1.29 is 13.2 Å². The molecule has 0 saturated heterocycles. The van der Waals surface area contributed by atoms with Crippen molar-refractivity contribution in [2.45, 2.75) is 44.7 Å². The van der Waals surface area contributed by atoms with Crippen LogP contribution in [0.2, 0.25) is 0 Å². The Kier molecular flexibility index (Phi) is 6.13. The molecule has 20 heavy (non-hydrogen) atoms. The van der Waals surface area contributed by atoms with Crippen LogP contribution in [0.25, 0.3) is 0 Å². The average molecular weight is 300 g/mol. The topological polar surface area (TPSA) is 81.4 Å². The van der Waals surface area contributed by atoms with Gasteiger partial charge in [0, 0.05) is 19.7 Å². The van der Waals surface area contributed by atoms with Crippen molar-refractivity contribution in [2.75, 3.05) is 13.7 Å². The van der Waals surface area contributed by atoms with Gasteiger partial charge in [0.1, 0.15) is 0 Å². The quantitative estimate of drug-likeness (QED) is 0.799. The van der Waals surface area contributed by atoms with Gasteiger partial charge in [0.25, 0.3) is 0 Å². The normalized spacial score (nSPS) is 13.4. The molecule has 0 aliphatic rings. The monoisotopic (exact) mass is 300 g/mol. The third kappa shape index (κ3) is 4.02. The molecule has 0 aliphatic carbocycles. The lowest BCUT2D eigenvalue weighted by Crippen LogP contribution is -2.37. The zero-order chi connectivity index (χ0) is 15.3. The highest BCUT2D eigenvalue weighted by Crippen LogP contribution is 2.21. The van der Waals surface area contributed by atoms with Gasteiger partial charge in [-0.15, -0.1) is 0 Å². The first-order valence-electron chi connectivity index (χ1n) is 6.67. The van der Waals surface area contributed by atoms with Crippen LogP contribution in [-0.2, 0) is 21.3 Å². The van der Waals surface area contributed by atoms with E-state index in [1.54, 1.807) is 13.2 Å². The second-order valence-electron chi connectivity index (χ2n) is 4.92. The molecule has 0 aromatic heterocycles. The lowest BCUT2D eigenvalue weighted by molar-refractivity contribution is 0.173. The molecule has 0 saturated carbocycles. The van der Waals surface area contributed by atoms with Crippen molar-refractivity contribution >= 4 is 10.0 Å². The molecule has 0 aliphatic heterocycles. The molecule has 5 nitrogen and oxygen atoms in total. The number of hydrogen-bond acceptors (Lipinski definition) is 4. The molecule has 1 rings (SSSR count). The van der Waals surface area contributed by atoms with Crippen LogP contribution in [0.1, 0.15) is 30.0 Å². The van der Waals surface area contributed by atoms with Gasteiger partial charge in [-0.3, -0.25) is 0 Å². The summed E-state index contributed by atoms with van der Waals surface area (Å²) in [5.74, 6) is 0. The lowest BCUT2D eigenvalue weighted by Gasteiger charge is -2.18. The molecule has 0 radical (unpaired) electrons. The zero-order valence-corrected chi connectivity index (χ0v) is 13.4. The first-order chi connectivity index (χ1) is 9.35. The van der Waals surface area contributed by atoms with E-state index in [-0.39, 0.29) is 6.04 Å². The Morgan fingerprint density at radius 3 is 2.50 bits per heavy atom. The van der Waals surface area contributed by atoms with E-state index in [0.29, 0.717) is 24.5 Å². The van der Waals surface area contributed by atoms with Gasteiger partial charge in [-0.2, -0.15) is 0 Å². The number of sulfonamides is 1. The van der Waals surface area contributed by atoms with E-state index in [1.165, 1.54) is 0 Å². The first-order valence-corrected chi connectivity index (χ1v) is 8.15. The molecule has 0 amide bonds. The number of nitrogens with two attached hydrogens (primary N) is 1. The fourth-order valence-electron chi connectivity index (χ4n) is 2.02. The van der Waals surface area contributed by atoms with Crippen molar-refractivity contribution in [3.8, 4) is 0 Å². The minimum atomic E-state index is -3.57. The molecule has 1 aromatic rings. The number of aryl methyl sites for hydroxylation is 1. The maximum Gasteiger partial charge on any atom is 0.241 e. The van der Waals surface area contributed by atoms with E-state index < -0.39 is 10.0 Å². The fourth-order valence-corrected chi connectivity index (χ4v) is 3.69. The number of ether oxygens (including phenoxy) is 1. The van der Waals surface area contributed by atoms with Crippen molar-refractivity contribution in [3.05, 3.63) is 28.8 Å². The molecular weight excluding hydrogens is 276 g/mol. The molecule has 114 valence electrons. The molecule has 1 unspecified atom stereocenters. The number of nitrogens with one attached hydrogen (secondary N) is 1. The third-order valence-electron chi connectivity index (χ3n) is 3.39. The highest BCUT2D eigenvalue weighted by Gasteiger charge is 2.22. The third-order valence-corrected chi connectivity index (χ3v) is 5.03. The van der Waals surface area contributed by atoms with Crippen LogP contribution in [0.3, 0.4) is 0 Å². The highest BCUT2D eigenvalue weighted by molar-refractivity contribution is 7.89. The molecule has 0 fully saturated rings. The summed E-state index contributed by atoms with van der Waals surface area (Å²) >= 11 is 0. The number of benzene rings is 1. The Morgan fingerprint density at radius 1 is 1.35 bits per heavy atom. The first kappa shape index (κ1) is 17.1. The van der Waals surface area contributed by atoms with Gasteiger partial charge < -0.3 is 10.5 Å². The Balaban J connectivity index is 3.18. The minimum absolute atomic E-state index is 0.230. The average Bonchev–Trinajstić information content (AvgIpc) is 2.40. The lowest BCUT2D eigenvalue weighted by atomic mass is 10.1. The number of hydrogen-bond donors (Lipinski definition) is 2. The second kappa shape index (κ2) is 7.17. The summed E-state index contributed by atoms with van der Waals surface area (Å²) in [6.45, 7) is 6.28. The summed E-state index contributed by atoms with van der Waals surface area (Å²) in [6.07, 6.45) is 0.668. The molecule has 1 atom stereocenters. The van der Waals surface area contributed by atoms with Gasteiger partial charge in [-0.05, 0) is 43.0 Å². The van der Waals surface area contributed by atoms with Gasteiger partial charge in [-0.25, -0.2) is 13.1 Å². The smallest absolute Gasteiger partial charge is 0.241 e. The predicted molar refractivity (Wildman–Crippen MR) is 80.1 cm³/mol. The summed E-state index contributed by atoms with van der Waals surface area (Å²) in [6, 6.07) is 3.33. The van der Waals surface area contributed by atoms with Crippen molar-refractivity contribution in [2.24, 2.45) is 5.73 Å². The van der Waals surface area contributed by atoms with Crippen molar-refractivity contribution in [3.63, 3.8) is 0 Å². The Hall–Kier alpha value is -0.950. The fraction of sp³-hybridized carbons (Fsp3) is 0.571. The van der Waals surface area contributed by atoms with Crippen molar-refractivity contribution in [1.82, 2.24) is 4.72 Å². The molecule has 6 heteroatoms.